The molecule has 0 heterocycles. The normalized spacial score (nSPS) is 23.6. The van der Waals surface area contributed by atoms with Crippen LogP contribution in [0.4, 0.5) is 0 Å². The second-order valence-electron chi connectivity index (χ2n) is 5.23. The Kier molecular flexibility index (Phi) is 4.67. The number of aliphatic hydroxyl groups excluding tert-OH is 1. The first-order valence-electron chi connectivity index (χ1n) is 6.79. The first kappa shape index (κ1) is 15.3. The lowest BCUT2D eigenvalue weighted by Crippen LogP contribution is -2.45. The molecule has 0 aromatic heterocycles. The third kappa shape index (κ3) is 3.31. The van der Waals surface area contributed by atoms with Gasteiger partial charge in [0.2, 0.25) is 10.0 Å². The lowest BCUT2D eigenvalue weighted by Gasteiger charge is -2.28. The smallest absolute Gasteiger partial charge is 0.244 e. The van der Waals surface area contributed by atoms with Gasteiger partial charge in [-0.05, 0) is 37.5 Å². The molecule has 0 unspecified atom stereocenters. The third-order valence-corrected chi connectivity index (χ3v) is 5.16. The summed E-state index contributed by atoms with van der Waals surface area (Å²) >= 11 is 0. The van der Waals surface area contributed by atoms with Crippen LogP contribution in [0.1, 0.15) is 31.2 Å². The first-order chi connectivity index (χ1) is 9.44. The van der Waals surface area contributed by atoms with E-state index in [0.717, 1.165) is 18.4 Å². The van der Waals surface area contributed by atoms with Crippen LogP contribution < -0.4 is 9.46 Å². The Balaban J connectivity index is 2.28. The second kappa shape index (κ2) is 6.11. The summed E-state index contributed by atoms with van der Waals surface area (Å²) in [5.74, 6) is 0.313. The van der Waals surface area contributed by atoms with Crippen LogP contribution in [0.3, 0.4) is 0 Å². The van der Waals surface area contributed by atoms with E-state index >= 15 is 0 Å². The molecule has 1 aliphatic rings. The van der Waals surface area contributed by atoms with Crippen LogP contribution in [0.15, 0.2) is 23.1 Å². The molecular formula is C14H21NO4S. The zero-order chi connectivity index (χ0) is 14.8. The average Bonchev–Trinajstić information content (AvgIpc) is 2.41. The van der Waals surface area contributed by atoms with Gasteiger partial charge in [-0.3, -0.25) is 0 Å². The number of rotatable bonds is 4. The van der Waals surface area contributed by atoms with Crippen LogP contribution in [-0.4, -0.2) is 32.8 Å². The number of benzene rings is 1. The van der Waals surface area contributed by atoms with Gasteiger partial charge in [0.1, 0.15) is 10.6 Å². The summed E-state index contributed by atoms with van der Waals surface area (Å²) in [6, 6.07) is 4.60. The van der Waals surface area contributed by atoms with Gasteiger partial charge in [0.25, 0.3) is 0 Å². The molecule has 2 N–H and O–H groups in total. The molecule has 20 heavy (non-hydrogen) atoms. The lowest BCUT2D eigenvalue weighted by molar-refractivity contribution is 0.101. The molecule has 1 aromatic carbocycles. The molecule has 1 fully saturated rings. The van der Waals surface area contributed by atoms with Gasteiger partial charge in [0.15, 0.2) is 0 Å². The molecule has 0 saturated heterocycles. The van der Waals surface area contributed by atoms with Gasteiger partial charge >= 0.3 is 0 Å². The van der Waals surface area contributed by atoms with Crippen molar-refractivity contribution in [2.75, 3.05) is 7.11 Å². The summed E-state index contributed by atoms with van der Waals surface area (Å²) in [4.78, 5) is 0.123. The fraction of sp³-hybridized carbons (Fsp3) is 0.571. The highest BCUT2D eigenvalue weighted by Gasteiger charge is 2.29. The Bertz CT molecular complexity index is 571. The molecule has 1 aromatic rings. The molecule has 0 spiro atoms. The van der Waals surface area contributed by atoms with Crippen molar-refractivity contribution < 1.29 is 18.3 Å². The van der Waals surface area contributed by atoms with Gasteiger partial charge in [-0.15, -0.1) is 0 Å². The molecular weight excluding hydrogens is 278 g/mol. The number of methoxy groups -OCH3 is 1. The Hall–Kier alpha value is -1.11. The van der Waals surface area contributed by atoms with Crippen LogP contribution in [0.2, 0.25) is 0 Å². The third-order valence-electron chi connectivity index (χ3n) is 3.64. The maximum atomic E-state index is 12.5. The summed E-state index contributed by atoms with van der Waals surface area (Å²) in [7, 11) is -2.25. The van der Waals surface area contributed by atoms with Crippen molar-refractivity contribution >= 4 is 10.0 Å². The van der Waals surface area contributed by atoms with Crippen LogP contribution >= 0.6 is 0 Å². The molecule has 2 rings (SSSR count). The Morgan fingerprint density at radius 2 is 2.00 bits per heavy atom. The molecule has 0 aliphatic heterocycles. The van der Waals surface area contributed by atoms with Crippen LogP contribution in [0, 0.1) is 6.92 Å². The number of ether oxygens (including phenoxy) is 1. The highest BCUT2D eigenvalue weighted by atomic mass is 32.2. The Morgan fingerprint density at radius 3 is 2.65 bits per heavy atom. The van der Waals surface area contributed by atoms with E-state index in [1.807, 2.05) is 6.92 Å². The van der Waals surface area contributed by atoms with Crippen molar-refractivity contribution in [3.8, 4) is 5.75 Å². The number of hydrogen-bond acceptors (Lipinski definition) is 4. The summed E-state index contributed by atoms with van der Waals surface area (Å²) in [5.41, 5.74) is 0.843. The second-order valence-corrected chi connectivity index (χ2v) is 6.92. The van der Waals surface area contributed by atoms with Crippen molar-refractivity contribution in [1.82, 2.24) is 4.72 Å². The van der Waals surface area contributed by atoms with Gasteiger partial charge in [-0.1, -0.05) is 18.9 Å². The van der Waals surface area contributed by atoms with Crippen molar-refractivity contribution in [1.29, 1.82) is 0 Å². The zero-order valence-corrected chi connectivity index (χ0v) is 12.6. The predicted molar refractivity (Wildman–Crippen MR) is 76.3 cm³/mol. The van der Waals surface area contributed by atoms with Crippen molar-refractivity contribution in [3.63, 3.8) is 0 Å². The number of sulfonamides is 1. The van der Waals surface area contributed by atoms with Gasteiger partial charge in [0.05, 0.1) is 13.2 Å². The number of aliphatic hydroxyl groups is 1. The summed E-state index contributed by atoms with van der Waals surface area (Å²) < 4.78 is 32.7. The largest absolute Gasteiger partial charge is 0.495 e. The topological polar surface area (TPSA) is 75.6 Å². The predicted octanol–water partition coefficient (Wildman–Crippen LogP) is 1.59. The molecule has 0 radical (unpaired) electrons. The lowest BCUT2D eigenvalue weighted by atomic mass is 9.93. The molecule has 1 saturated carbocycles. The van der Waals surface area contributed by atoms with Gasteiger partial charge < -0.3 is 9.84 Å². The van der Waals surface area contributed by atoms with Crippen molar-refractivity contribution in [3.05, 3.63) is 23.8 Å². The Morgan fingerprint density at radius 1 is 1.30 bits per heavy atom. The minimum Gasteiger partial charge on any atom is -0.495 e. The molecule has 2 atom stereocenters. The summed E-state index contributed by atoms with van der Waals surface area (Å²) in [6.07, 6.45) is 2.55. The van der Waals surface area contributed by atoms with Crippen molar-refractivity contribution in [2.24, 2.45) is 0 Å². The average molecular weight is 299 g/mol. The minimum absolute atomic E-state index is 0.123. The fourth-order valence-corrected chi connectivity index (χ4v) is 4.06. The van der Waals surface area contributed by atoms with E-state index in [1.54, 1.807) is 18.2 Å². The fourth-order valence-electron chi connectivity index (χ4n) is 2.51. The van der Waals surface area contributed by atoms with E-state index in [2.05, 4.69) is 4.72 Å². The molecule has 0 amide bonds. The monoisotopic (exact) mass is 299 g/mol. The van der Waals surface area contributed by atoms with Crippen LogP contribution in [-0.2, 0) is 10.0 Å². The van der Waals surface area contributed by atoms with E-state index in [9.17, 15) is 13.5 Å². The first-order valence-corrected chi connectivity index (χ1v) is 8.27. The summed E-state index contributed by atoms with van der Waals surface area (Å²) in [5, 5.41) is 9.90. The Labute approximate surface area is 120 Å². The van der Waals surface area contributed by atoms with Crippen molar-refractivity contribution in [2.45, 2.75) is 49.6 Å². The molecule has 5 nitrogen and oxygen atoms in total. The standard InChI is InChI=1S/C14H21NO4S/c1-10-7-8-13(19-2)14(9-10)20(17,18)15-11-5-3-4-6-12(11)16/h7-9,11-12,15-16H,3-6H2,1-2H3/t11-,12-/m0/s1. The van der Waals surface area contributed by atoms with Crippen LogP contribution in [0.25, 0.3) is 0 Å². The van der Waals surface area contributed by atoms with Gasteiger partial charge in [0, 0.05) is 6.04 Å². The molecule has 0 bridgehead atoms. The maximum absolute atomic E-state index is 12.5. The van der Waals surface area contributed by atoms with E-state index < -0.39 is 22.2 Å². The van der Waals surface area contributed by atoms with E-state index in [-0.39, 0.29) is 4.90 Å². The SMILES string of the molecule is COc1ccc(C)cc1S(=O)(=O)N[C@H]1CCCC[C@@H]1O. The van der Waals surface area contributed by atoms with Crippen LogP contribution in [0.5, 0.6) is 5.75 Å². The zero-order valence-electron chi connectivity index (χ0n) is 11.8. The number of hydrogen-bond donors (Lipinski definition) is 2. The van der Waals surface area contributed by atoms with E-state index in [4.69, 9.17) is 4.74 Å². The minimum atomic E-state index is -3.69. The van der Waals surface area contributed by atoms with Gasteiger partial charge in [-0.25, -0.2) is 13.1 Å². The highest BCUT2D eigenvalue weighted by Crippen LogP contribution is 2.26. The maximum Gasteiger partial charge on any atom is 0.244 e. The summed E-state index contributed by atoms with van der Waals surface area (Å²) in [6.45, 7) is 1.83. The van der Waals surface area contributed by atoms with E-state index in [1.165, 1.54) is 7.11 Å². The number of aryl methyl sites for hydroxylation is 1. The van der Waals surface area contributed by atoms with Gasteiger partial charge in [-0.2, -0.15) is 0 Å². The molecule has 6 heteroatoms. The molecule has 112 valence electrons. The quantitative estimate of drug-likeness (QED) is 0.885. The highest BCUT2D eigenvalue weighted by molar-refractivity contribution is 7.89. The number of nitrogens with one attached hydrogen (secondary N) is 1. The van der Waals surface area contributed by atoms with E-state index in [0.29, 0.717) is 18.6 Å². The molecule has 1 aliphatic carbocycles.